The van der Waals surface area contributed by atoms with E-state index in [0.717, 1.165) is 23.5 Å². The summed E-state index contributed by atoms with van der Waals surface area (Å²) in [5, 5.41) is 3.55. The first-order chi connectivity index (χ1) is 11.5. The summed E-state index contributed by atoms with van der Waals surface area (Å²) in [5.41, 5.74) is 2.87. The van der Waals surface area contributed by atoms with E-state index in [1.54, 1.807) is 18.2 Å². The number of benzene rings is 2. The fourth-order valence-electron chi connectivity index (χ4n) is 2.51. The van der Waals surface area contributed by atoms with Gasteiger partial charge in [0.05, 0.1) is 0 Å². The maximum Gasteiger partial charge on any atom is 0.248 e. The second-order valence-corrected chi connectivity index (χ2v) is 6.24. The molecule has 2 aromatic carbocycles. The molecule has 0 saturated heterocycles. The van der Waals surface area contributed by atoms with Gasteiger partial charge in [-0.05, 0) is 68.8 Å². The highest BCUT2D eigenvalue weighted by Crippen LogP contribution is 2.20. The maximum atomic E-state index is 12.0. The molecule has 0 unspecified atom stereocenters. The third kappa shape index (κ3) is 5.14. The SMILES string of the molecule is CCN(c1ccc(NC(=O)/C=C/c2ccc(Cl)cc2)cc1)C(C)C. The average Bonchev–Trinajstić information content (AvgIpc) is 2.56. The molecule has 0 atom stereocenters. The zero-order valence-corrected chi connectivity index (χ0v) is 15.0. The summed E-state index contributed by atoms with van der Waals surface area (Å²) >= 11 is 5.84. The molecule has 1 amide bonds. The highest BCUT2D eigenvalue weighted by molar-refractivity contribution is 6.30. The first-order valence-corrected chi connectivity index (χ1v) is 8.48. The molecule has 4 heteroatoms. The molecule has 0 aromatic heterocycles. The van der Waals surface area contributed by atoms with Crippen LogP contribution in [0.5, 0.6) is 0 Å². The van der Waals surface area contributed by atoms with Crippen LogP contribution in [0.4, 0.5) is 11.4 Å². The summed E-state index contributed by atoms with van der Waals surface area (Å²) in [4.78, 5) is 14.3. The summed E-state index contributed by atoms with van der Waals surface area (Å²) in [6.07, 6.45) is 3.28. The van der Waals surface area contributed by atoms with Crippen LogP contribution >= 0.6 is 11.6 Å². The van der Waals surface area contributed by atoms with Crippen molar-refractivity contribution in [2.45, 2.75) is 26.8 Å². The van der Waals surface area contributed by atoms with Crippen LogP contribution in [-0.4, -0.2) is 18.5 Å². The molecule has 0 saturated carbocycles. The molecular weight excluding hydrogens is 320 g/mol. The lowest BCUT2D eigenvalue weighted by atomic mass is 10.2. The van der Waals surface area contributed by atoms with Crippen LogP contribution in [0.1, 0.15) is 26.3 Å². The third-order valence-electron chi connectivity index (χ3n) is 3.73. The number of anilines is 2. The van der Waals surface area contributed by atoms with Crippen molar-refractivity contribution in [2.75, 3.05) is 16.8 Å². The van der Waals surface area contributed by atoms with Crippen molar-refractivity contribution >= 4 is 35.0 Å². The minimum Gasteiger partial charge on any atom is -0.369 e. The Hall–Kier alpha value is -2.26. The van der Waals surface area contributed by atoms with E-state index < -0.39 is 0 Å². The van der Waals surface area contributed by atoms with Crippen LogP contribution in [0.25, 0.3) is 6.08 Å². The van der Waals surface area contributed by atoms with E-state index in [1.807, 2.05) is 36.4 Å². The number of nitrogens with zero attached hydrogens (tertiary/aromatic N) is 1. The minimum atomic E-state index is -0.158. The Balaban J connectivity index is 1.97. The molecule has 0 aliphatic carbocycles. The van der Waals surface area contributed by atoms with Crippen LogP contribution in [0, 0.1) is 0 Å². The van der Waals surface area contributed by atoms with E-state index in [-0.39, 0.29) is 5.91 Å². The zero-order chi connectivity index (χ0) is 17.5. The Morgan fingerprint density at radius 1 is 1.12 bits per heavy atom. The van der Waals surface area contributed by atoms with E-state index in [4.69, 9.17) is 11.6 Å². The fraction of sp³-hybridized carbons (Fsp3) is 0.250. The molecule has 1 N–H and O–H groups in total. The molecule has 126 valence electrons. The van der Waals surface area contributed by atoms with Crippen molar-refractivity contribution in [2.24, 2.45) is 0 Å². The van der Waals surface area contributed by atoms with Gasteiger partial charge in [0.2, 0.25) is 5.91 Å². The summed E-state index contributed by atoms with van der Waals surface area (Å²) in [6, 6.07) is 15.7. The molecule has 0 spiro atoms. The lowest BCUT2D eigenvalue weighted by Crippen LogP contribution is -2.30. The first kappa shape index (κ1) is 18.1. The van der Waals surface area contributed by atoms with E-state index in [2.05, 4.69) is 31.0 Å². The summed E-state index contributed by atoms with van der Waals surface area (Å²) in [5.74, 6) is -0.158. The molecule has 2 rings (SSSR count). The Labute approximate surface area is 148 Å². The highest BCUT2D eigenvalue weighted by atomic mass is 35.5. The van der Waals surface area contributed by atoms with Crippen molar-refractivity contribution in [3.63, 3.8) is 0 Å². The number of hydrogen-bond acceptors (Lipinski definition) is 2. The van der Waals surface area contributed by atoms with Crippen LogP contribution in [0.2, 0.25) is 5.02 Å². The van der Waals surface area contributed by atoms with Gasteiger partial charge >= 0.3 is 0 Å². The van der Waals surface area contributed by atoms with E-state index >= 15 is 0 Å². The quantitative estimate of drug-likeness (QED) is 0.729. The molecule has 2 aromatic rings. The largest absolute Gasteiger partial charge is 0.369 e. The smallest absolute Gasteiger partial charge is 0.248 e. The number of carbonyl (C=O) groups excluding carboxylic acids is 1. The molecule has 0 aliphatic rings. The normalized spacial score (nSPS) is 11.0. The molecular formula is C20H23ClN2O. The first-order valence-electron chi connectivity index (χ1n) is 8.11. The number of amides is 1. The molecule has 0 aliphatic heterocycles. The monoisotopic (exact) mass is 342 g/mol. The molecule has 0 bridgehead atoms. The van der Waals surface area contributed by atoms with Crippen molar-refractivity contribution in [3.05, 3.63) is 65.2 Å². The van der Waals surface area contributed by atoms with Crippen LogP contribution in [0.15, 0.2) is 54.6 Å². The maximum absolute atomic E-state index is 12.0. The van der Waals surface area contributed by atoms with E-state index in [0.29, 0.717) is 11.1 Å². The number of carbonyl (C=O) groups is 1. The third-order valence-corrected chi connectivity index (χ3v) is 3.98. The Kier molecular flexibility index (Phi) is 6.44. The number of nitrogens with one attached hydrogen (secondary N) is 1. The highest BCUT2D eigenvalue weighted by Gasteiger charge is 2.08. The standard InChI is InChI=1S/C20H23ClN2O/c1-4-23(15(2)3)19-12-10-18(11-13-19)22-20(24)14-7-16-5-8-17(21)9-6-16/h5-15H,4H2,1-3H3,(H,22,24)/b14-7+. The van der Waals surface area contributed by atoms with Gasteiger partial charge in [-0.25, -0.2) is 0 Å². The second kappa shape index (κ2) is 8.55. The van der Waals surface area contributed by atoms with Crippen molar-refractivity contribution < 1.29 is 4.79 Å². The van der Waals surface area contributed by atoms with Gasteiger partial charge in [-0.2, -0.15) is 0 Å². The van der Waals surface area contributed by atoms with Gasteiger partial charge in [0.1, 0.15) is 0 Å². The summed E-state index contributed by atoms with van der Waals surface area (Å²) < 4.78 is 0. The van der Waals surface area contributed by atoms with Crippen LogP contribution in [0.3, 0.4) is 0 Å². The van der Waals surface area contributed by atoms with Crippen molar-refractivity contribution in [1.82, 2.24) is 0 Å². The molecule has 3 nitrogen and oxygen atoms in total. The van der Waals surface area contributed by atoms with Gasteiger partial charge < -0.3 is 10.2 Å². The molecule has 24 heavy (non-hydrogen) atoms. The van der Waals surface area contributed by atoms with Crippen molar-refractivity contribution in [1.29, 1.82) is 0 Å². The summed E-state index contributed by atoms with van der Waals surface area (Å²) in [7, 11) is 0. The average molecular weight is 343 g/mol. The van der Waals surface area contributed by atoms with Crippen LogP contribution < -0.4 is 10.2 Å². The molecule has 0 fully saturated rings. The lowest BCUT2D eigenvalue weighted by molar-refractivity contribution is -0.111. The Morgan fingerprint density at radius 2 is 1.75 bits per heavy atom. The number of rotatable bonds is 6. The zero-order valence-electron chi connectivity index (χ0n) is 14.3. The molecule has 0 heterocycles. The fourth-order valence-corrected chi connectivity index (χ4v) is 2.64. The lowest BCUT2D eigenvalue weighted by Gasteiger charge is -2.27. The predicted molar refractivity (Wildman–Crippen MR) is 104 cm³/mol. The van der Waals surface area contributed by atoms with Gasteiger partial charge in [0.25, 0.3) is 0 Å². The molecule has 0 radical (unpaired) electrons. The van der Waals surface area contributed by atoms with E-state index in [1.165, 1.54) is 6.08 Å². The minimum absolute atomic E-state index is 0.158. The topological polar surface area (TPSA) is 32.3 Å². The van der Waals surface area contributed by atoms with E-state index in [9.17, 15) is 4.79 Å². The number of halogens is 1. The van der Waals surface area contributed by atoms with Gasteiger partial charge in [0, 0.05) is 35.1 Å². The van der Waals surface area contributed by atoms with Crippen molar-refractivity contribution in [3.8, 4) is 0 Å². The second-order valence-electron chi connectivity index (χ2n) is 5.80. The van der Waals surface area contributed by atoms with Crippen LogP contribution in [-0.2, 0) is 4.79 Å². The van der Waals surface area contributed by atoms with Gasteiger partial charge in [-0.3, -0.25) is 4.79 Å². The Bertz CT molecular complexity index is 691. The van der Waals surface area contributed by atoms with Gasteiger partial charge in [0.15, 0.2) is 0 Å². The van der Waals surface area contributed by atoms with Gasteiger partial charge in [-0.15, -0.1) is 0 Å². The number of hydrogen-bond donors (Lipinski definition) is 1. The van der Waals surface area contributed by atoms with Gasteiger partial charge in [-0.1, -0.05) is 23.7 Å². The Morgan fingerprint density at radius 3 is 2.29 bits per heavy atom. The summed E-state index contributed by atoms with van der Waals surface area (Å²) in [6.45, 7) is 7.42. The predicted octanol–water partition coefficient (Wildman–Crippen LogP) is 5.23.